The molecule has 196 valence electrons. The third kappa shape index (κ3) is 7.53. The third-order valence-corrected chi connectivity index (χ3v) is 7.76. The van der Waals surface area contributed by atoms with Gasteiger partial charge in [0.2, 0.25) is 21.8 Å². The number of amides is 2. The molecule has 0 aliphatic heterocycles. The summed E-state index contributed by atoms with van der Waals surface area (Å²) in [5, 5.41) is 3.07. The predicted molar refractivity (Wildman–Crippen MR) is 139 cm³/mol. The first-order valence-electron chi connectivity index (χ1n) is 12.4. The zero-order valence-corrected chi connectivity index (χ0v) is 22.1. The van der Waals surface area contributed by atoms with Crippen molar-refractivity contribution in [1.29, 1.82) is 0 Å². The molecule has 9 heteroatoms. The monoisotopic (exact) mass is 517 g/mol. The lowest BCUT2D eigenvalue weighted by molar-refractivity contribution is -0.141. The number of hydrogen-bond donors (Lipinski definition) is 1. The molecule has 1 aliphatic rings. The molecule has 7 nitrogen and oxygen atoms in total. The van der Waals surface area contributed by atoms with Crippen molar-refractivity contribution in [2.24, 2.45) is 0 Å². The number of nitrogens with zero attached hydrogens (tertiary/aromatic N) is 2. The summed E-state index contributed by atoms with van der Waals surface area (Å²) in [6.07, 6.45) is 5.28. The first-order chi connectivity index (χ1) is 17.1. The highest BCUT2D eigenvalue weighted by atomic mass is 32.2. The molecule has 2 aromatic rings. The van der Waals surface area contributed by atoms with Gasteiger partial charge in [-0.2, -0.15) is 0 Å². The molecule has 1 atom stereocenters. The van der Waals surface area contributed by atoms with Gasteiger partial charge >= 0.3 is 0 Å². The predicted octanol–water partition coefficient (Wildman–Crippen LogP) is 4.16. The standard InChI is InChI=1S/C27H36FN3O4S/c1-20-10-8-11-22(18-20)19-30(21(2)27(33)29-23-12-4-5-13-23)26(32)16-9-17-31(36(3,34)35)25-15-7-6-14-24(25)28/h6-8,10-11,14-15,18,21,23H,4-5,9,12-13,16-17,19H2,1-3H3,(H,29,33)/t21-/m1/s1. The molecule has 2 aromatic carbocycles. The number of hydrogen-bond acceptors (Lipinski definition) is 4. The molecule has 1 N–H and O–H groups in total. The molecule has 1 fully saturated rings. The van der Waals surface area contributed by atoms with Gasteiger partial charge in [0.1, 0.15) is 11.9 Å². The number of rotatable bonds is 11. The molecular weight excluding hydrogens is 481 g/mol. The fourth-order valence-corrected chi connectivity index (χ4v) is 5.58. The first kappa shape index (κ1) is 27.6. The van der Waals surface area contributed by atoms with Crippen LogP contribution in [0.3, 0.4) is 0 Å². The Morgan fingerprint density at radius 2 is 1.81 bits per heavy atom. The molecule has 2 amide bonds. The first-order valence-corrected chi connectivity index (χ1v) is 14.3. The van der Waals surface area contributed by atoms with E-state index in [1.54, 1.807) is 17.9 Å². The van der Waals surface area contributed by atoms with Crippen molar-refractivity contribution >= 4 is 27.5 Å². The summed E-state index contributed by atoms with van der Waals surface area (Å²) in [6, 6.07) is 12.9. The molecular formula is C27H36FN3O4S. The fraction of sp³-hybridized carbons (Fsp3) is 0.481. The Bertz CT molecular complexity index is 1170. The molecule has 1 saturated carbocycles. The largest absolute Gasteiger partial charge is 0.352 e. The molecule has 0 aromatic heterocycles. The number of benzene rings is 2. The quantitative estimate of drug-likeness (QED) is 0.485. The van der Waals surface area contributed by atoms with Gasteiger partial charge in [-0.15, -0.1) is 0 Å². The van der Waals surface area contributed by atoms with Crippen LogP contribution >= 0.6 is 0 Å². The number of anilines is 1. The molecule has 3 rings (SSSR count). The van der Waals surface area contributed by atoms with Crippen LogP contribution in [0.15, 0.2) is 48.5 Å². The third-order valence-electron chi connectivity index (χ3n) is 6.58. The Balaban J connectivity index is 1.72. The summed E-state index contributed by atoms with van der Waals surface area (Å²) >= 11 is 0. The Hall–Kier alpha value is -2.94. The molecule has 0 saturated heterocycles. The van der Waals surface area contributed by atoms with Crippen LogP contribution in [0.2, 0.25) is 0 Å². The summed E-state index contributed by atoms with van der Waals surface area (Å²) in [7, 11) is -3.75. The SMILES string of the molecule is Cc1cccc(CN(C(=O)CCCN(c2ccccc2F)S(C)(=O)=O)[C@H](C)C(=O)NC2CCCC2)c1. The molecule has 0 unspecified atom stereocenters. The summed E-state index contributed by atoms with van der Waals surface area (Å²) in [5.41, 5.74) is 1.91. The Labute approximate surface area is 213 Å². The van der Waals surface area contributed by atoms with Crippen molar-refractivity contribution in [2.45, 2.75) is 71.0 Å². The van der Waals surface area contributed by atoms with Crippen LogP contribution in [-0.4, -0.2) is 50.0 Å². The van der Waals surface area contributed by atoms with Gasteiger partial charge in [-0.3, -0.25) is 13.9 Å². The maximum atomic E-state index is 14.3. The summed E-state index contributed by atoms with van der Waals surface area (Å²) in [5.74, 6) is -1.09. The second-order valence-corrected chi connectivity index (χ2v) is 11.5. The van der Waals surface area contributed by atoms with Gasteiger partial charge in [-0.1, -0.05) is 54.8 Å². The number of carbonyl (C=O) groups excluding carboxylic acids is 2. The van der Waals surface area contributed by atoms with Gasteiger partial charge in [-0.05, 0) is 50.8 Å². The maximum absolute atomic E-state index is 14.3. The van der Waals surface area contributed by atoms with Crippen LogP contribution in [0.1, 0.15) is 56.6 Å². The average Bonchev–Trinajstić information content (AvgIpc) is 3.33. The zero-order valence-electron chi connectivity index (χ0n) is 21.2. The number of para-hydroxylation sites is 1. The lowest BCUT2D eigenvalue weighted by Gasteiger charge is -2.30. The summed E-state index contributed by atoms with van der Waals surface area (Å²) in [4.78, 5) is 27.9. The molecule has 0 bridgehead atoms. The van der Waals surface area contributed by atoms with Crippen LogP contribution < -0.4 is 9.62 Å². The molecule has 0 radical (unpaired) electrons. The Morgan fingerprint density at radius 3 is 2.44 bits per heavy atom. The number of sulfonamides is 1. The molecule has 0 heterocycles. The van der Waals surface area contributed by atoms with Gasteiger partial charge in [-0.25, -0.2) is 12.8 Å². The smallest absolute Gasteiger partial charge is 0.242 e. The summed E-state index contributed by atoms with van der Waals surface area (Å²) < 4.78 is 40.0. The van der Waals surface area contributed by atoms with Gasteiger partial charge < -0.3 is 10.2 Å². The van der Waals surface area contributed by atoms with Gasteiger partial charge in [0.05, 0.1) is 11.9 Å². The molecule has 1 aliphatic carbocycles. The lowest BCUT2D eigenvalue weighted by atomic mass is 10.1. The number of nitrogens with one attached hydrogen (secondary N) is 1. The van der Waals surface area contributed by atoms with E-state index >= 15 is 0 Å². The highest BCUT2D eigenvalue weighted by Gasteiger charge is 2.29. The van der Waals surface area contributed by atoms with Crippen LogP contribution in [-0.2, 0) is 26.2 Å². The number of carbonyl (C=O) groups is 2. The normalized spacial score (nSPS) is 14.9. The Kier molecular flexibility index (Phi) is 9.48. The lowest BCUT2D eigenvalue weighted by Crippen LogP contribution is -2.49. The van der Waals surface area contributed by atoms with Crippen molar-refractivity contribution in [2.75, 3.05) is 17.1 Å². The second-order valence-electron chi connectivity index (χ2n) is 9.57. The van der Waals surface area contributed by atoms with E-state index in [1.165, 1.54) is 18.2 Å². The topological polar surface area (TPSA) is 86.8 Å². The van der Waals surface area contributed by atoms with E-state index in [4.69, 9.17) is 0 Å². The van der Waals surface area contributed by atoms with Crippen molar-refractivity contribution in [3.8, 4) is 0 Å². The molecule has 36 heavy (non-hydrogen) atoms. The van der Waals surface area contributed by atoms with E-state index in [1.807, 2.05) is 31.2 Å². The summed E-state index contributed by atoms with van der Waals surface area (Å²) in [6.45, 7) is 3.91. The van der Waals surface area contributed by atoms with Crippen LogP contribution in [0.5, 0.6) is 0 Å². The van der Waals surface area contributed by atoms with Crippen molar-refractivity contribution in [3.63, 3.8) is 0 Å². The fourth-order valence-electron chi connectivity index (χ4n) is 4.62. The van der Waals surface area contributed by atoms with Crippen LogP contribution in [0.4, 0.5) is 10.1 Å². The van der Waals surface area contributed by atoms with E-state index in [0.29, 0.717) is 0 Å². The van der Waals surface area contributed by atoms with Crippen LogP contribution in [0, 0.1) is 12.7 Å². The maximum Gasteiger partial charge on any atom is 0.242 e. The highest BCUT2D eigenvalue weighted by molar-refractivity contribution is 7.92. The van der Waals surface area contributed by atoms with Crippen molar-refractivity contribution < 1.29 is 22.4 Å². The van der Waals surface area contributed by atoms with Gasteiger partial charge in [0.25, 0.3) is 0 Å². The second kappa shape index (κ2) is 12.3. The van der Waals surface area contributed by atoms with E-state index in [0.717, 1.165) is 47.4 Å². The minimum atomic E-state index is -3.75. The van der Waals surface area contributed by atoms with Crippen molar-refractivity contribution in [1.82, 2.24) is 10.2 Å². The van der Waals surface area contributed by atoms with E-state index in [2.05, 4.69) is 5.32 Å². The molecule has 0 spiro atoms. The average molecular weight is 518 g/mol. The zero-order chi connectivity index (χ0) is 26.3. The van der Waals surface area contributed by atoms with E-state index in [9.17, 15) is 22.4 Å². The minimum Gasteiger partial charge on any atom is -0.352 e. The number of halogens is 1. The van der Waals surface area contributed by atoms with Gasteiger partial charge in [0, 0.05) is 25.6 Å². The van der Waals surface area contributed by atoms with Crippen LogP contribution in [0.25, 0.3) is 0 Å². The number of aryl methyl sites for hydroxylation is 1. The van der Waals surface area contributed by atoms with E-state index < -0.39 is 21.9 Å². The van der Waals surface area contributed by atoms with Crippen molar-refractivity contribution in [3.05, 3.63) is 65.5 Å². The van der Waals surface area contributed by atoms with E-state index in [-0.39, 0.29) is 49.5 Å². The van der Waals surface area contributed by atoms with Gasteiger partial charge in [0.15, 0.2) is 0 Å². The highest BCUT2D eigenvalue weighted by Crippen LogP contribution is 2.23. The minimum absolute atomic E-state index is 0.0212. The Morgan fingerprint density at radius 1 is 1.11 bits per heavy atom.